The molecule has 9 heteroatoms. The van der Waals surface area contributed by atoms with Crippen LogP contribution in [0.15, 0.2) is 22.8 Å². The fraction of sp³-hybridized carbons (Fsp3) is 0. The van der Waals surface area contributed by atoms with Crippen molar-refractivity contribution in [2.75, 3.05) is 5.32 Å². The normalized spacial score (nSPS) is 10.1. The first kappa shape index (κ1) is 16.1. The molecule has 0 radical (unpaired) electrons. The Morgan fingerprint density at radius 3 is 2.64 bits per heavy atom. The molecule has 0 atom stereocenters. The van der Waals surface area contributed by atoms with Crippen LogP contribution >= 0.6 is 27.5 Å². The number of pyridine rings is 1. The van der Waals surface area contributed by atoms with Gasteiger partial charge in [-0.3, -0.25) is 0 Å². The Morgan fingerprint density at radius 2 is 2.09 bits per heavy atom. The van der Waals surface area contributed by atoms with E-state index in [-0.39, 0.29) is 15.9 Å². The Kier molecular flexibility index (Phi) is 4.59. The molecule has 2 N–H and O–H groups in total. The van der Waals surface area contributed by atoms with Crippen LogP contribution in [0.25, 0.3) is 0 Å². The van der Waals surface area contributed by atoms with E-state index in [1.165, 1.54) is 12.3 Å². The largest absolute Gasteiger partial charge is 0.478 e. The van der Waals surface area contributed by atoms with Crippen LogP contribution in [-0.4, -0.2) is 16.1 Å². The molecule has 5 nitrogen and oxygen atoms in total. The molecule has 1 aromatic carbocycles. The molecule has 0 unspecified atom stereocenters. The molecule has 1 aromatic heterocycles. The van der Waals surface area contributed by atoms with Gasteiger partial charge < -0.3 is 10.4 Å². The molecule has 0 fully saturated rings. The fourth-order valence-corrected chi connectivity index (χ4v) is 2.24. The van der Waals surface area contributed by atoms with Gasteiger partial charge in [0, 0.05) is 6.20 Å². The number of benzene rings is 1. The van der Waals surface area contributed by atoms with E-state index in [0.717, 1.165) is 6.07 Å². The van der Waals surface area contributed by atoms with E-state index in [1.54, 1.807) is 0 Å². The Labute approximate surface area is 136 Å². The van der Waals surface area contributed by atoms with Crippen LogP contribution < -0.4 is 5.32 Å². The molecule has 22 heavy (non-hydrogen) atoms. The highest BCUT2D eigenvalue weighted by Crippen LogP contribution is 2.32. The lowest BCUT2D eigenvalue weighted by Crippen LogP contribution is -2.08. The van der Waals surface area contributed by atoms with Crippen molar-refractivity contribution in [1.82, 2.24) is 4.98 Å². The molecule has 0 aliphatic rings. The van der Waals surface area contributed by atoms with Gasteiger partial charge in [0.2, 0.25) is 0 Å². The molecular weight excluding hydrogens is 384 g/mol. The lowest BCUT2D eigenvalue weighted by Gasteiger charge is -2.12. The van der Waals surface area contributed by atoms with Gasteiger partial charge in [0.25, 0.3) is 0 Å². The van der Waals surface area contributed by atoms with E-state index >= 15 is 0 Å². The number of halogens is 4. The molecule has 0 bridgehead atoms. The van der Waals surface area contributed by atoms with Gasteiger partial charge in [0.05, 0.1) is 26.3 Å². The van der Waals surface area contributed by atoms with Gasteiger partial charge in [0.1, 0.15) is 11.9 Å². The Balaban J connectivity index is 2.56. The maximum atomic E-state index is 14.0. The minimum Gasteiger partial charge on any atom is -0.478 e. The minimum absolute atomic E-state index is 0.0159. The zero-order valence-electron chi connectivity index (χ0n) is 10.5. The number of carboxylic acid groups (broad SMARTS) is 1. The summed E-state index contributed by atoms with van der Waals surface area (Å²) in [6.07, 6.45) is 1.19. The first-order valence-corrected chi connectivity index (χ1v) is 6.75. The molecule has 0 saturated carbocycles. The van der Waals surface area contributed by atoms with Crippen molar-refractivity contribution in [3.63, 3.8) is 0 Å². The van der Waals surface area contributed by atoms with Crippen LogP contribution in [0.2, 0.25) is 5.02 Å². The van der Waals surface area contributed by atoms with Gasteiger partial charge in [-0.15, -0.1) is 0 Å². The van der Waals surface area contributed by atoms with E-state index in [9.17, 15) is 13.6 Å². The van der Waals surface area contributed by atoms with E-state index in [2.05, 4.69) is 26.2 Å². The third-order valence-corrected chi connectivity index (χ3v) is 3.49. The zero-order chi connectivity index (χ0) is 16.4. The third kappa shape index (κ3) is 3.00. The fourth-order valence-electron chi connectivity index (χ4n) is 1.60. The first-order chi connectivity index (χ1) is 10.3. The molecule has 2 rings (SSSR count). The van der Waals surface area contributed by atoms with Gasteiger partial charge in [0.15, 0.2) is 11.6 Å². The van der Waals surface area contributed by atoms with Crippen molar-refractivity contribution in [1.29, 1.82) is 5.26 Å². The number of hydrogen-bond acceptors (Lipinski definition) is 4. The number of carboxylic acids is 1. The number of nitrogens with one attached hydrogen (secondary N) is 1. The van der Waals surface area contributed by atoms with Gasteiger partial charge in [-0.2, -0.15) is 5.26 Å². The van der Waals surface area contributed by atoms with E-state index in [4.69, 9.17) is 22.0 Å². The highest BCUT2D eigenvalue weighted by Gasteiger charge is 2.22. The summed E-state index contributed by atoms with van der Waals surface area (Å²) >= 11 is 8.54. The maximum Gasteiger partial charge on any atom is 0.337 e. The van der Waals surface area contributed by atoms with Crippen molar-refractivity contribution >= 4 is 45.0 Å². The average Bonchev–Trinajstić information content (AvgIpc) is 2.48. The van der Waals surface area contributed by atoms with E-state index in [1.807, 2.05) is 6.07 Å². The predicted molar refractivity (Wildman–Crippen MR) is 78.3 cm³/mol. The van der Waals surface area contributed by atoms with Crippen LogP contribution in [0.4, 0.5) is 20.3 Å². The predicted octanol–water partition coefficient (Wildman–Crippen LogP) is 4.09. The summed E-state index contributed by atoms with van der Waals surface area (Å²) in [5.74, 6) is -4.29. The molecule has 112 valence electrons. The average molecular weight is 389 g/mol. The molecule has 2 aromatic rings. The van der Waals surface area contributed by atoms with Gasteiger partial charge >= 0.3 is 5.97 Å². The summed E-state index contributed by atoms with van der Waals surface area (Å²) in [7, 11) is 0. The number of carbonyl (C=O) groups is 1. The summed E-state index contributed by atoms with van der Waals surface area (Å²) < 4.78 is 27.8. The van der Waals surface area contributed by atoms with Crippen molar-refractivity contribution in [3.05, 3.63) is 50.6 Å². The second kappa shape index (κ2) is 6.25. The van der Waals surface area contributed by atoms with Crippen LogP contribution in [0, 0.1) is 23.0 Å². The SMILES string of the molecule is N#Cc1cnc(Nc2c(C(=O)O)cc(Cl)c(F)c2F)c(Br)c1. The second-order valence-corrected chi connectivity index (χ2v) is 5.27. The molecular formula is C13H5BrClF2N3O2. The number of aromatic nitrogens is 1. The highest BCUT2D eigenvalue weighted by atomic mass is 79.9. The molecule has 1 heterocycles. The minimum atomic E-state index is -1.49. The third-order valence-electron chi connectivity index (χ3n) is 2.61. The molecule has 0 amide bonds. The van der Waals surface area contributed by atoms with Crippen molar-refractivity contribution in [3.8, 4) is 6.07 Å². The summed E-state index contributed by atoms with van der Waals surface area (Å²) in [6, 6.07) is 4.03. The van der Waals surface area contributed by atoms with Gasteiger partial charge in [-0.05, 0) is 28.1 Å². The summed E-state index contributed by atoms with van der Waals surface area (Å²) in [5.41, 5.74) is -0.937. The molecule has 0 spiro atoms. The number of aromatic carboxylic acids is 1. The van der Waals surface area contributed by atoms with Crippen LogP contribution in [0.5, 0.6) is 0 Å². The Morgan fingerprint density at radius 1 is 1.41 bits per heavy atom. The smallest absolute Gasteiger partial charge is 0.337 e. The summed E-state index contributed by atoms with van der Waals surface area (Å²) in [5, 5.41) is 19.6. The van der Waals surface area contributed by atoms with Crippen LogP contribution in [0.1, 0.15) is 15.9 Å². The first-order valence-electron chi connectivity index (χ1n) is 5.58. The van der Waals surface area contributed by atoms with Crippen molar-refractivity contribution < 1.29 is 18.7 Å². The molecule has 0 aliphatic carbocycles. The number of nitriles is 1. The van der Waals surface area contributed by atoms with Crippen LogP contribution in [-0.2, 0) is 0 Å². The number of hydrogen-bond donors (Lipinski definition) is 2. The van der Waals surface area contributed by atoms with E-state index < -0.39 is 33.9 Å². The van der Waals surface area contributed by atoms with Crippen molar-refractivity contribution in [2.24, 2.45) is 0 Å². The van der Waals surface area contributed by atoms with Crippen LogP contribution in [0.3, 0.4) is 0 Å². The maximum absolute atomic E-state index is 14.0. The quantitative estimate of drug-likeness (QED) is 0.774. The number of rotatable bonds is 3. The van der Waals surface area contributed by atoms with Crippen molar-refractivity contribution in [2.45, 2.75) is 0 Å². The molecule has 0 saturated heterocycles. The highest BCUT2D eigenvalue weighted by molar-refractivity contribution is 9.10. The zero-order valence-corrected chi connectivity index (χ0v) is 12.8. The summed E-state index contributed by atoms with van der Waals surface area (Å²) in [4.78, 5) is 15.0. The number of anilines is 2. The topological polar surface area (TPSA) is 86.0 Å². The summed E-state index contributed by atoms with van der Waals surface area (Å²) in [6.45, 7) is 0. The number of nitrogens with zero attached hydrogens (tertiary/aromatic N) is 2. The van der Waals surface area contributed by atoms with Gasteiger partial charge in [-0.25, -0.2) is 18.6 Å². The second-order valence-electron chi connectivity index (χ2n) is 4.01. The lowest BCUT2D eigenvalue weighted by molar-refractivity contribution is 0.0697. The standard InChI is InChI=1S/C13H5BrClF2N3O2/c14-7-1-5(3-18)4-19-12(7)20-11-6(13(21)22)2-8(15)9(16)10(11)17/h1-2,4H,(H,19,20)(H,21,22). The van der Waals surface area contributed by atoms with E-state index in [0.29, 0.717) is 0 Å². The Hall–Kier alpha value is -2.24. The Bertz CT molecular complexity index is 824. The monoisotopic (exact) mass is 387 g/mol. The van der Waals surface area contributed by atoms with Gasteiger partial charge in [-0.1, -0.05) is 11.6 Å². The molecule has 0 aliphatic heterocycles. The lowest BCUT2D eigenvalue weighted by atomic mass is 10.1.